The van der Waals surface area contributed by atoms with E-state index in [9.17, 15) is 20.1 Å². The number of aliphatic hydroxyl groups is 2. The molecule has 1 saturated heterocycles. The molecule has 2 aliphatic heterocycles. The minimum absolute atomic E-state index is 0.0208. The largest absolute Gasteiger partial charge is 0.508 e. The molecule has 0 amide bonds. The molecule has 4 aliphatic rings. The van der Waals surface area contributed by atoms with Gasteiger partial charge in [-0.3, -0.25) is 4.79 Å². The summed E-state index contributed by atoms with van der Waals surface area (Å²) in [5.41, 5.74) is 1.19. The van der Waals surface area contributed by atoms with Gasteiger partial charge in [-0.25, -0.2) is 0 Å². The van der Waals surface area contributed by atoms with Crippen LogP contribution in [0.4, 0.5) is 0 Å². The zero-order valence-electron chi connectivity index (χ0n) is 16.9. The van der Waals surface area contributed by atoms with Gasteiger partial charge in [-0.05, 0) is 55.2 Å². The number of ketones is 1. The molecule has 29 heavy (non-hydrogen) atoms. The van der Waals surface area contributed by atoms with Gasteiger partial charge in [-0.15, -0.1) is 0 Å². The maximum Gasteiger partial charge on any atom is 0.251 e. The molecule has 1 aromatic rings. The monoisotopic (exact) mass is 398 g/mol. The highest BCUT2D eigenvalue weighted by Crippen LogP contribution is 2.67. The van der Waals surface area contributed by atoms with E-state index >= 15 is 0 Å². The molecule has 6 nitrogen and oxygen atoms in total. The van der Waals surface area contributed by atoms with E-state index in [0.29, 0.717) is 34.6 Å². The molecule has 3 N–H and O–H groups in total. The number of carbonyl (C=O) groups excluding carboxylic acids is 1. The molecule has 0 radical (unpaired) electrons. The van der Waals surface area contributed by atoms with E-state index in [2.05, 4.69) is 6.92 Å². The first-order chi connectivity index (χ1) is 13.8. The Bertz CT molecular complexity index is 991. The van der Waals surface area contributed by atoms with Gasteiger partial charge in [-0.2, -0.15) is 0 Å². The topological polar surface area (TPSA) is 96.2 Å². The lowest BCUT2D eigenvalue weighted by Crippen LogP contribution is -2.70. The molecular weight excluding hydrogens is 372 g/mol. The predicted octanol–water partition coefficient (Wildman–Crippen LogP) is 3.47. The van der Waals surface area contributed by atoms with Gasteiger partial charge >= 0.3 is 0 Å². The van der Waals surface area contributed by atoms with Gasteiger partial charge in [0, 0.05) is 22.8 Å². The van der Waals surface area contributed by atoms with Crippen LogP contribution in [0, 0.1) is 23.2 Å². The quantitative estimate of drug-likeness (QED) is 0.670. The van der Waals surface area contributed by atoms with Crippen LogP contribution in [0.5, 0.6) is 11.5 Å². The van der Waals surface area contributed by atoms with Crippen molar-refractivity contribution in [2.75, 3.05) is 6.61 Å². The number of fused-ring (bicyclic) bond motifs is 1. The average Bonchev–Trinajstić information content (AvgIpc) is 3.06. The SMILES string of the molecule is CC1=C(O)C(=O)[C@]23[C@H](C)CC[C@H]2[C@@H](C)CO[C@]32Oc3cc(O)cc(CO)c3C=C12. The minimum atomic E-state index is -1.35. The Morgan fingerprint density at radius 1 is 1.21 bits per heavy atom. The number of aromatic hydroxyl groups is 1. The molecule has 1 aromatic carbocycles. The van der Waals surface area contributed by atoms with Crippen molar-refractivity contribution in [2.45, 2.75) is 46.0 Å². The second kappa shape index (κ2) is 5.86. The number of phenolic OH excluding ortho intramolecular Hbond substituents is 1. The fourth-order valence-corrected chi connectivity index (χ4v) is 6.34. The number of Topliss-reactive ketones (excluding diaryl/α,β-unsaturated/α-hetero) is 1. The summed E-state index contributed by atoms with van der Waals surface area (Å²) < 4.78 is 13.0. The van der Waals surface area contributed by atoms with Crippen molar-refractivity contribution in [3.8, 4) is 11.5 Å². The summed E-state index contributed by atoms with van der Waals surface area (Å²) in [6, 6.07) is 2.99. The molecule has 0 aromatic heterocycles. The maximum atomic E-state index is 13.7. The van der Waals surface area contributed by atoms with Crippen molar-refractivity contribution in [1.82, 2.24) is 0 Å². The summed E-state index contributed by atoms with van der Waals surface area (Å²) in [6.45, 7) is 6.00. The highest BCUT2D eigenvalue weighted by Gasteiger charge is 2.75. The second-order valence-corrected chi connectivity index (χ2v) is 9.00. The molecule has 2 heterocycles. The molecule has 0 unspecified atom stereocenters. The minimum Gasteiger partial charge on any atom is -0.508 e. The molecular formula is C23H26O6. The van der Waals surface area contributed by atoms with Crippen LogP contribution in [0.15, 0.2) is 29.0 Å². The van der Waals surface area contributed by atoms with Gasteiger partial charge in [0.15, 0.2) is 5.76 Å². The third-order valence-electron chi connectivity index (χ3n) is 7.68. The number of rotatable bonds is 1. The van der Waals surface area contributed by atoms with E-state index in [1.807, 2.05) is 13.0 Å². The van der Waals surface area contributed by atoms with E-state index in [1.165, 1.54) is 12.1 Å². The Hall–Kier alpha value is -2.31. The summed E-state index contributed by atoms with van der Waals surface area (Å²) in [4.78, 5) is 13.7. The number of phenols is 1. The summed E-state index contributed by atoms with van der Waals surface area (Å²) in [6.07, 6.45) is 3.57. The van der Waals surface area contributed by atoms with Crippen LogP contribution < -0.4 is 4.74 Å². The zero-order valence-corrected chi connectivity index (χ0v) is 16.9. The van der Waals surface area contributed by atoms with Crippen molar-refractivity contribution < 1.29 is 29.6 Å². The van der Waals surface area contributed by atoms with Crippen molar-refractivity contribution >= 4 is 11.9 Å². The van der Waals surface area contributed by atoms with Crippen molar-refractivity contribution in [2.24, 2.45) is 23.2 Å². The lowest BCUT2D eigenvalue weighted by atomic mass is 9.53. The van der Waals surface area contributed by atoms with Gasteiger partial charge in [0.25, 0.3) is 5.79 Å². The molecule has 154 valence electrons. The van der Waals surface area contributed by atoms with E-state index in [4.69, 9.17) is 9.47 Å². The molecule has 1 saturated carbocycles. The van der Waals surface area contributed by atoms with Gasteiger partial charge in [0.2, 0.25) is 5.78 Å². The van der Waals surface area contributed by atoms with Crippen molar-refractivity contribution in [3.05, 3.63) is 40.2 Å². The first-order valence-corrected chi connectivity index (χ1v) is 10.2. The standard InChI is InChI=1S/C23H26O6/c1-11-10-28-23-18(8-16-14(9-24)6-15(25)7-19(16)29-23)13(3)20(26)21(27)22(23)12(2)4-5-17(11)22/h6-8,11-12,17,24-26H,4-5,9-10H2,1-3H3/t11-,12+,17-,22-,23+/m0/s1. The highest BCUT2D eigenvalue weighted by atomic mass is 16.7. The van der Waals surface area contributed by atoms with Gasteiger partial charge < -0.3 is 24.8 Å². The second-order valence-electron chi connectivity index (χ2n) is 9.00. The van der Waals surface area contributed by atoms with Gasteiger partial charge in [0.1, 0.15) is 16.9 Å². The summed E-state index contributed by atoms with van der Waals surface area (Å²) >= 11 is 0. The van der Waals surface area contributed by atoms with E-state index in [-0.39, 0.29) is 41.7 Å². The number of hydrogen-bond acceptors (Lipinski definition) is 6. The third-order valence-corrected chi connectivity index (χ3v) is 7.68. The molecule has 2 spiro atoms. The van der Waals surface area contributed by atoms with Gasteiger partial charge in [-0.1, -0.05) is 13.8 Å². The Balaban J connectivity index is 1.86. The smallest absolute Gasteiger partial charge is 0.251 e. The lowest BCUT2D eigenvalue weighted by molar-refractivity contribution is -0.282. The third kappa shape index (κ3) is 2.01. The van der Waals surface area contributed by atoms with Crippen LogP contribution in [-0.4, -0.2) is 33.5 Å². The Morgan fingerprint density at radius 3 is 2.69 bits per heavy atom. The van der Waals surface area contributed by atoms with Crippen LogP contribution in [-0.2, 0) is 16.1 Å². The summed E-state index contributed by atoms with van der Waals surface area (Å²) in [7, 11) is 0. The van der Waals surface area contributed by atoms with Crippen LogP contribution in [0.3, 0.4) is 0 Å². The molecule has 2 aliphatic carbocycles. The summed E-state index contributed by atoms with van der Waals surface area (Å²) in [5.74, 6) is -1.38. The molecule has 2 fully saturated rings. The van der Waals surface area contributed by atoms with E-state index in [1.54, 1.807) is 6.92 Å². The number of allylic oxidation sites excluding steroid dienone is 1. The Labute approximate surface area is 169 Å². The van der Waals surface area contributed by atoms with E-state index in [0.717, 1.165) is 12.8 Å². The van der Waals surface area contributed by atoms with E-state index < -0.39 is 11.2 Å². The number of carbonyl (C=O) groups is 1. The number of hydrogen-bond donors (Lipinski definition) is 3. The van der Waals surface area contributed by atoms with Crippen LogP contribution in [0.25, 0.3) is 6.08 Å². The lowest BCUT2D eigenvalue weighted by Gasteiger charge is -2.59. The van der Waals surface area contributed by atoms with Crippen LogP contribution in [0.1, 0.15) is 44.7 Å². The summed E-state index contributed by atoms with van der Waals surface area (Å²) in [5, 5.41) is 30.8. The number of benzene rings is 1. The average molecular weight is 398 g/mol. The first-order valence-electron chi connectivity index (χ1n) is 10.2. The molecule has 5 atom stereocenters. The van der Waals surface area contributed by atoms with Crippen molar-refractivity contribution in [1.29, 1.82) is 0 Å². The fourth-order valence-electron chi connectivity index (χ4n) is 6.34. The van der Waals surface area contributed by atoms with Crippen molar-refractivity contribution in [3.63, 3.8) is 0 Å². The fraction of sp³-hybridized carbons (Fsp3) is 0.522. The Kier molecular flexibility index (Phi) is 3.78. The normalized spacial score (nSPS) is 37.9. The molecule has 5 rings (SSSR count). The van der Waals surface area contributed by atoms with Crippen LogP contribution in [0.2, 0.25) is 0 Å². The zero-order chi connectivity index (χ0) is 20.7. The highest BCUT2D eigenvalue weighted by molar-refractivity contribution is 6.04. The number of aliphatic hydroxyl groups excluding tert-OH is 2. The molecule has 6 heteroatoms. The van der Waals surface area contributed by atoms with Crippen LogP contribution >= 0.6 is 0 Å². The Morgan fingerprint density at radius 2 is 1.97 bits per heavy atom. The number of ether oxygens (including phenoxy) is 2. The molecule has 0 bridgehead atoms. The predicted molar refractivity (Wildman–Crippen MR) is 105 cm³/mol. The van der Waals surface area contributed by atoms with Gasteiger partial charge in [0.05, 0.1) is 13.2 Å². The maximum absolute atomic E-state index is 13.7. The first kappa shape index (κ1) is 18.7.